The summed E-state index contributed by atoms with van der Waals surface area (Å²) in [5.41, 5.74) is 2.74. The summed E-state index contributed by atoms with van der Waals surface area (Å²) in [7, 11) is 1.01. The van der Waals surface area contributed by atoms with E-state index in [9.17, 15) is 18.0 Å². The van der Waals surface area contributed by atoms with Gasteiger partial charge in [-0.25, -0.2) is 13.2 Å². The number of imidazole rings is 1. The molecule has 4 aromatic rings. The zero-order valence-corrected chi connectivity index (χ0v) is 19.7. The van der Waals surface area contributed by atoms with Crippen LogP contribution in [0.3, 0.4) is 0 Å². The second kappa shape index (κ2) is 9.06. The highest BCUT2D eigenvalue weighted by Crippen LogP contribution is 2.21. The van der Waals surface area contributed by atoms with Crippen molar-refractivity contribution in [3.8, 4) is 5.75 Å². The molecule has 10 heteroatoms. The number of rotatable bonds is 7. The van der Waals surface area contributed by atoms with Crippen LogP contribution in [-0.2, 0) is 30.7 Å². The molecular formula is C24H24N4O5S. The average Bonchev–Trinajstić information content (AvgIpc) is 3.06. The lowest BCUT2D eigenvalue weighted by molar-refractivity contribution is 0.0951. The van der Waals surface area contributed by atoms with Crippen LogP contribution in [0.1, 0.15) is 15.9 Å². The van der Waals surface area contributed by atoms with Crippen molar-refractivity contribution < 1.29 is 17.9 Å². The van der Waals surface area contributed by atoms with Gasteiger partial charge in [0.1, 0.15) is 5.75 Å². The van der Waals surface area contributed by atoms with Gasteiger partial charge < -0.3 is 10.1 Å². The number of fused-ring (bicyclic) bond motifs is 1. The van der Waals surface area contributed by atoms with Crippen molar-refractivity contribution in [3.05, 3.63) is 88.3 Å². The maximum atomic E-state index is 12.8. The summed E-state index contributed by atoms with van der Waals surface area (Å²) in [6.07, 6.45) is 0. The lowest BCUT2D eigenvalue weighted by atomic mass is 10.2. The fourth-order valence-corrected chi connectivity index (χ4v) is 4.65. The molecule has 2 N–H and O–H groups in total. The van der Waals surface area contributed by atoms with Crippen molar-refractivity contribution >= 4 is 32.7 Å². The largest absolute Gasteiger partial charge is 0.497 e. The Morgan fingerprint density at radius 1 is 0.912 bits per heavy atom. The number of hydrogen-bond donors (Lipinski definition) is 2. The number of nitrogens with one attached hydrogen (secondary N) is 2. The van der Waals surface area contributed by atoms with Crippen molar-refractivity contribution in [2.24, 2.45) is 14.1 Å². The molecule has 0 fully saturated rings. The van der Waals surface area contributed by atoms with Gasteiger partial charge in [0.2, 0.25) is 0 Å². The molecule has 0 radical (unpaired) electrons. The van der Waals surface area contributed by atoms with E-state index in [0.29, 0.717) is 28.0 Å². The third-order valence-corrected chi connectivity index (χ3v) is 6.96. The number of hydrogen-bond acceptors (Lipinski definition) is 5. The van der Waals surface area contributed by atoms with Crippen LogP contribution in [0.15, 0.2) is 76.4 Å². The molecule has 4 rings (SSSR count). The van der Waals surface area contributed by atoms with Crippen molar-refractivity contribution in [1.82, 2.24) is 14.5 Å². The number of benzene rings is 3. The minimum absolute atomic E-state index is 0.0831. The molecule has 0 atom stereocenters. The fraction of sp³-hybridized carbons (Fsp3) is 0.167. The number of amides is 1. The summed E-state index contributed by atoms with van der Waals surface area (Å²) >= 11 is 0. The summed E-state index contributed by atoms with van der Waals surface area (Å²) in [5.74, 6) is 0.418. The third kappa shape index (κ3) is 4.53. The van der Waals surface area contributed by atoms with Gasteiger partial charge in [0.25, 0.3) is 15.9 Å². The highest BCUT2D eigenvalue weighted by molar-refractivity contribution is 7.92. The molecule has 0 aliphatic carbocycles. The molecule has 1 aromatic heterocycles. The van der Waals surface area contributed by atoms with E-state index in [0.717, 1.165) is 5.56 Å². The molecule has 0 aliphatic rings. The zero-order chi connectivity index (χ0) is 24.5. The molecule has 0 saturated carbocycles. The first-order valence-electron chi connectivity index (χ1n) is 10.4. The zero-order valence-electron chi connectivity index (χ0n) is 18.9. The van der Waals surface area contributed by atoms with E-state index < -0.39 is 10.0 Å². The number of sulfonamides is 1. The van der Waals surface area contributed by atoms with Crippen LogP contribution in [-0.4, -0.2) is 30.6 Å². The number of methoxy groups -OCH3 is 1. The first kappa shape index (κ1) is 23.1. The Morgan fingerprint density at radius 3 is 2.21 bits per heavy atom. The standard InChI is InChI=1S/C24H24N4O5S/c1-27-21-13-8-18(14-22(21)28(2)24(27)30)26-34(31,32)20-11-4-16(5-12-20)15-25-23(29)17-6-9-19(33-3)10-7-17/h4-14,26H,15H2,1-3H3,(H,25,29). The third-order valence-electron chi connectivity index (χ3n) is 5.56. The number of nitrogens with zero attached hydrogens (tertiary/aromatic N) is 2. The number of carbonyl (C=O) groups is 1. The predicted octanol–water partition coefficient (Wildman–Crippen LogP) is 2.62. The summed E-state index contributed by atoms with van der Waals surface area (Å²) in [4.78, 5) is 24.5. The van der Waals surface area contributed by atoms with Gasteiger partial charge in [0, 0.05) is 26.2 Å². The van der Waals surface area contributed by atoms with Crippen LogP contribution in [0.5, 0.6) is 5.75 Å². The van der Waals surface area contributed by atoms with Crippen molar-refractivity contribution in [2.75, 3.05) is 11.8 Å². The normalized spacial score (nSPS) is 11.4. The Morgan fingerprint density at radius 2 is 1.56 bits per heavy atom. The fourth-order valence-electron chi connectivity index (χ4n) is 3.60. The Hall–Kier alpha value is -4.05. The van der Waals surface area contributed by atoms with Crippen LogP contribution in [0.4, 0.5) is 5.69 Å². The van der Waals surface area contributed by atoms with Gasteiger partial charge >= 0.3 is 5.69 Å². The van der Waals surface area contributed by atoms with Gasteiger partial charge in [-0.3, -0.25) is 18.7 Å². The molecule has 0 bridgehead atoms. The second-order valence-electron chi connectivity index (χ2n) is 7.76. The average molecular weight is 481 g/mol. The maximum absolute atomic E-state index is 12.8. The topological polar surface area (TPSA) is 111 Å². The van der Waals surface area contributed by atoms with Gasteiger partial charge in [-0.1, -0.05) is 12.1 Å². The Labute approximate surface area is 196 Å². The van der Waals surface area contributed by atoms with Crippen LogP contribution < -0.4 is 20.5 Å². The monoisotopic (exact) mass is 480 g/mol. The van der Waals surface area contributed by atoms with E-state index in [4.69, 9.17) is 4.74 Å². The van der Waals surface area contributed by atoms with Crippen LogP contribution >= 0.6 is 0 Å². The van der Waals surface area contributed by atoms with Gasteiger partial charge in [-0.2, -0.15) is 0 Å². The molecule has 9 nitrogen and oxygen atoms in total. The van der Waals surface area contributed by atoms with Gasteiger partial charge in [-0.05, 0) is 60.2 Å². The molecule has 1 amide bonds. The van der Waals surface area contributed by atoms with Gasteiger partial charge in [-0.15, -0.1) is 0 Å². The number of aromatic nitrogens is 2. The highest BCUT2D eigenvalue weighted by Gasteiger charge is 2.16. The van der Waals surface area contributed by atoms with E-state index >= 15 is 0 Å². The molecule has 34 heavy (non-hydrogen) atoms. The van der Waals surface area contributed by atoms with Crippen molar-refractivity contribution in [2.45, 2.75) is 11.4 Å². The van der Waals surface area contributed by atoms with Crippen LogP contribution in [0.2, 0.25) is 0 Å². The van der Waals surface area contributed by atoms with Crippen LogP contribution in [0, 0.1) is 0 Å². The maximum Gasteiger partial charge on any atom is 0.328 e. The molecule has 176 valence electrons. The smallest absolute Gasteiger partial charge is 0.328 e. The first-order valence-corrected chi connectivity index (χ1v) is 11.9. The van der Waals surface area contributed by atoms with Gasteiger partial charge in [0.05, 0.1) is 28.7 Å². The lowest BCUT2D eigenvalue weighted by Crippen LogP contribution is -2.22. The van der Waals surface area contributed by atoms with Crippen molar-refractivity contribution in [1.29, 1.82) is 0 Å². The molecule has 3 aromatic carbocycles. The minimum Gasteiger partial charge on any atom is -0.497 e. The predicted molar refractivity (Wildman–Crippen MR) is 130 cm³/mol. The Bertz CT molecular complexity index is 1520. The Balaban J connectivity index is 1.44. The minimum atomic E-state index is -3.84. The van der Waals surface area contributed by atoms with E-state index in [2.05, 4.69) is 10.0 Å². The first-order chi connectivity index (χ1) is 16.2. The lowest BCUT2D eigenvalue weighted by Gasteiger charge is -2.10. The Kier molecular flexibility index (Phi) is 6.16. The summed E-state index contributed by atoms with van der Waals surface area (Å²) < 4.78 is 36.3. The van der Waals surface area contributed by atoms with Gasteiger partial charge in [0.15, 0.2) is 0 Å². The second-order valence-corrected chi connectivity index (χ2v) is 9.45. The highest BCUT2D eigenvalue weighted by atomic mass is 32.2. The number of anilines is 1. The molecule has 0 saturated heterocycles. The number of carbonyl (C=O) groups excluding carboxylic acids is 1. The van der Waals surface area contributed by atoms with E-state index in [-0.39, 0.29) is 23.0 Å². The van der Waals surface area contributed by atoms with Crippen molar-refractivity contribution in [3.63, 3.8) is 0 Å². The van der Waals surface area contributed by atoms with E-state index in [1.54, 1.807) is 75.8 Å². The molecule has 0 spiro atoms. The number of ether oxygens (including phenoxy) is 1. The number of aryl methyl sites for hydroxylation is 2. The molecule has 0 unspecified atom stereocenters. The quantitative estimate of drug-likeness (QED) is 0.422. The summed E-state index contributed by atoms with van der Waals surface area (Å²) in [6, 6.07) is 17.9. The summed E-state index contributed by atoms with van der Waals surface area (Å²) in [6.45, 7) is 0.247. The SMILES string of the molecule is COc1ccc(C(=O)NCc2ccc(S(=O)(=O)Nc3ccc4c(c3)n(C)c(=O)n4C)cc2)cc1. The molecule has 0 aliphatic heterocycles. The summed E-state index contributed by atoms with van der Waals surface area (Å²) in [5, 5.41) is 2.80. The molecular weight excluding hydrogens is 456 g/mol. The molecule has 1 heterocycles. The van der Waals surface area contributed by atoms with E-state index in [1.807, 2.05) is 0 Å². The van der Waals surface area contributed by atoms with Crippen LogP contribution in [0.25, 0.3) is 11.0 Å². The van der Waals surface area contributed by atoms with E-state index in [1.165, 1.54) is 21.3 Å².